The number of aromatic nitrogens is 2. The van der Waals surface area contributed by atoms with Crippen LogP contribution < -0.4 is 0 Å². The zero-order chi connectivity index (χ0) is 9.38. The van der Waals surface area contributed by atoms with E-state index in [2.05, 4.69) is 9.97 Å². The molecule has 2 aromatic heterocycles. The lowest BCUT2D eigenvalue weighted by Gasteiger charge is -1.95. The first-order valence-corrected chi connectivity index (χ1v) is 4.40. The van der Waals surface area contributed by atoms with Gasteiger partial charge in [0.1, 0.15) is 11.4 Å². The zero-order valence-electron chi connectivity index (χ0n) is 7.40. The number of fused-ring (bicyclic) bond motifs is 1. The third kappa shape index (κ3) is 1.03. The van der Waals surface area contributed by atoms with Crippen molar-refractivity contribution in [2.75, 3.05) is 0 Å². The Morgan fingerprint density at radius 3 is 3.07 bits per heavy atom. The molecule has 1 aromatic carbocycles. The van der Waals surface area contributed by atoms with E-state index in [1.165, 1.54) is 0 Å². The normalized spacial score (nSPS) is 10.9. The molecule has 3 aromatic rings. The lowest BCUT2D eigenvalue weighted by atomic mass is 10.1. The number of aromatic amines is 1. The zero-order valence-corrected chi connectivity index (χ0v) is 7.40. The molecule has 3 heteroatoms. The molecule has 0 unspecified atom stereocenters. The Bertz CT molecular complexity index is 551. The highest BCUT2D eigenvalue weighted by molar-refractivity contribution is 5.81. The molecule has 3 rings (SSSR count). The van der Waals surface area contributed by atoms with E-state index >= 15 is 0 Å². The first-order chi connectivity index (χ1) is 6.93. The molecule has 68 valence electrons. The fourth-order valence-corrected chi connectivity index (χ4v) is 1.53. The second-order valence-electron chi connectivity index (χ2n) is 3.11. The van der Waals surface area contributed by atoms with Crippen molar-refractivity contribution in [2.45, 2.75) is 0 Å². The maximum atomic E-state index is 5.31. The highest BCUT2D eigenvalue weighted by atomic mass is 16.3. The molecule has 0 radical (unpaired) electrons. The Hall–Kier alpha value is -2.03. The van der Waals surface area contributed by atoms with Crippen LogP contribution in [0.3, 0.4) is 0 Å². The molecular weight excluding hydrogens is 176 g/mol. The fraction of sp³-hybridized carbons (Fsp3) is 0. The predicted octanol–water partition coefficient (Wildman–Crippen LogP) is 2.82. The Morgan fingerprint density at radius 1 is 1.21 bits per heavy atom. The standard InChI is InChI=1S/C11H8N2O/c1-2-9(11-12-4-5-13-11)7-10-8(1)3-6-14-10/h1-7H,(H,12,13). The van der Waals surface area contributed by atoms with E-state index in [4.69, 9.17) is 4.42 Å². The highest BCUT2D eigenvalue weighted by Crippen LogP contribution is 2.22. The van der Waals surface area contributed by atoms with Crippen molar-refractivity contribution in [1.29, 1.82) is 0 Å². The second-order valence-corrected chi connectivity index (χ2v) is 3.11. The van der Waals surface area contributed by atoms with E-state index in [0.717, 1.165) is 22.4 Å². The maximum Gasteiger partial charge on any atom is 0.137 e. The van der Waals surface area contributed by atoms with Crippen LogP contribution in [-0.2, 0) is 0 Å². The summed E-state index contributed by atoms with van der Waals surface area (Å²) in [5.41, 5.74) is 1.93. The Labute approximate surface area is 80.4 Å². The number of imidazole rings is 1. The van der Waals surface area contributed by atoms with Gasteiger partial charge in [-0.1, -0.05) is 12.1 Å². The number of furan rings is 1. The molecule has 2 heterocycles. The lowest BCUT2D eigenvalue weighted by molar-refractivity contribution is 0.616. The number of hydrogen-bond acceptors (Lipinski definition) is 2. The molecule has 0 saturated carbocycles. The van der Waals surface area contributed by atoms with Gasteiger partial charge in [-0.25, -0.2) is 4.98 Å². The summed E-state index contributed by atoms with van der Waals surface area (Å²) in [6, 6.07) is 7.97. The van der Waals surface area contributed by atoms with E-state index in [9.17, 15) is 0 Å². The largest absolute Gasteiger partial charge is 0.464 e. The van der Waals surface area contributed by atoms with Crippen LogP contribution in [0.1, 0.15) is 0 Å². The molecule has 0 bridgehead atoms. The number of benzene rings is 1. The third-order valence-electron chi connectivity index (χ3n) is 2.23. The van der Waals surface area contributed by atoms with Crippen LogP contribution in [0.2, 0.25) is 0 Å². The highest BCUT2D eigenvalue weighted by Gasteiger charge is 2.02. The topological polar surface area (TPSA) is 41.8 Å². The van der Waals surface area contributed by atoms with E-state index < -0.39 is 0 Å². The molecule has 0 fully saturated rings. The van der Waals surface area contributed by atoms with E-state index in [-0.39, 0.29) is 0 Å². The average molecular weight is 184 g/mol. The summed E-state index contributed by atoms with van der Waals surface area (Å²) >= 11 is 0. The molecule has 0 aliphatic rings. The summed E-state index contributed by atoms with van der Waals surface area (Å²) in [6.07, 6.45) is 5.24. The van der Waals surface area contributed by atoms with Crippen molar-refractivity contribution < 1.29 is 4.42 Å². The molecule has 3 nitrogen and oxygen atoms in total. The first-order valence-electron chi connectivity index (χ1n) is 4.40. The van der Waals surface area contributed by atoms with Gasteiger partial charge in [-0.05, 0) is 12.1 Å². The Balaban J connectivity index is 2.23. The SMILES string of the molecule is c1c[nH]c(-c2ccc3ccoc3c2)n1. The summed E-state index contributed by atoms with van der Waals surface area (Å²) in [5.74, 6) is 0.864. The van der Waals surface area contributed by atoms with Crippen LogP contribution in [0.4, 0.5) is 0 Å². The smallest absolute Gasteiger partial charge is 0.137 e. The molecule has 0 aliphatic carbocycles. The molecule has 1 N–H and O–H groups in total. The summed E-state index contributed by atoms with van der Waals surface area (Å²) < 4.78 is 5.31. The van der Waals surface area contributed by atoms with Crippen LogP contribution in [0.25, 0.3) is 22.4 Å². The van der Waals surface area contributed by atoms with Gasteiger partial charge in [-0.3, -0.25) is 0 Å². The van der Waals surface area contributed by atoms with Crippen molar-refractivity contribution >= 4 is 11.0 Å². The quantitative estimate of drug-likeness (QED) is 0.631. The number of nitrogens with one attached hydrogen (secondary N) is 1. The monoisotopic (exact) mass is 184 g/mol. The summed E-state index contributed by atoms with van der Waals surface area (Å²) in [4.78, 5) is 7.24. The second kappa shape index (κ2) is 2.73. The van der Waals surface area contributed by atoms with E-state index in [0.29, 0.717) is 0 Å². The van der Waals surface area contributed by atoms with Gasteiger partial charge in [-0.2, -0.15) is 0 Å². The molecule has 0 spiro atoms. The number of hydrogen-bond donors (Lipinski definition) is 1. The lowest BCUT2D eigenvalue weighted by Crippen LogP contribution is -1.78. The molecule has 0 saturated heterocycles. The van der Waals surface area contributed by atoms with Crippen molar-refractivity contribution in [2.24, 2.45) is 0 Å². The van der Waals surface area contributed by atoms with Crippen molar-refractivity contribution in [3.8, 4) is 11.4 Å². The minimum atomic E-state index is 0.864. The van der Waals surface area contributed by atoms with Crippen molar-refractivity contribution in [3.63, 3.8) is 0 Å². The minimum absolute atomic E-state index is 0.864. The maximum absolute atomic E-state index is 5.31. The van der Waals surface area contributed by atoms with E-state index in [1.807, 2.05) is 30.5 Å². The van der Waals surface area contributed by atoms with Crippen LogP contribution in [0, 0.1) is 0 Å². The summed E-state index contributed by atoms with van der Waals surface area (Å²) in [7, 11) is 0. The third-order valence-corrected chi connectivity index (χ3v) is 2.23. The van der Waals surface area contributed by atoms with Crippen LogP contribution in [0.15, 0.2) is 47.3 Å². The van der Waals surface area contributed by atoms with Crippen LogP contribution in [-0.4, -0.2) is 9.97 Å². The number of rotatable bonds is 1. The molecule has 0 atom stereocenters. The molecule has 14 heavy (non-hydrogen) atoms. The van der Waals surface area contributed by atoms with Crippen LogP contribution >= 0.6 is 0 Å². The average Bonchev–Trinajstić information content (AvgIpc) is 2.88. The predicted molar refractivity (Wildman–Crippen MR) is 53.8 cm³/mol. The van der Waals surface area contributed by atoms with Crippen molar-refractivity contribution in [1.82, 2.24) is 9.97 Å². The molecule has 0 aliphatic heterocycles. The minimum Gasteiger partial charge on any atom is -0.464 e. The summed E-state index contributed by atoms with van der Waals surface area (Å²) in [6.45, 7) is 0. The first kappa shape index (κ1) is 7.38. The van der Waals surface area contributed by atoms with Crippen molar-refractivity contribution in [3.05, 3.63) is 42.9 Å². The number of H-pyrrole nitrogens is 1. The number of nitrogens with zero attached hydrogens (tertiary/aromatic N) is 1. The van der Waals surface area contributed by atoms with Gasteiger partial charge in [0, 0.05) is 23.3 Å². The van der Waals surface area contributed by atoms with Gasteiger partial charge in [0.25, 0.3) is 0 Å². The molecular formula is C11H8N2O. The van der Waals surface area contributed by atoms with Gasteiger partial charge in [0.2, 0.25) is 0 Å². The van der Waals surface area contributed by atoms with Crippen LogP contribution in [0.5, 0.6) is 0 Å². The Kier molecular flexibility index (Phi) is 1.44. The van der Waals surface area contributed by atoms with Gasteiger partial charge in [0.15, 0.2) is 0 Å². The van der Waals surface area contributed by atoms with Gasteiger partial charge < -0.3 is 9.40 Å². The summed E-state index contributed by atoms with van der Waals surface area (Å²) in [5, 5.41) is 1.11. The van der Waals surface area contributed by atoms with Gasteiger partial charge in [0.05, 0.1) is 6.26 Å². The Morgan fingerprint density at radius 2 is 2.21 bits per heavy atom. The molecule has 0 amide bonds. The fourth-order valence-electron chi connectivity index (χ4n) is 1.53. The van der Waals surface area contributed by atoms with Gasteiger partial charge >= 0.3 is 0 Å². The van der Waals surface area contributed by atoms with E-state index in [1.54, 1.807) is 12.5 Å². The van der Waals surface area contributed by atoms with Gasteiger partial charge in [-0.15, -0.1) is 0 Å².